The fourth-order valence-corrected chi connectivity index (χ4v) is 3.54. The molecule has 4 N–H and O–H groups in total. The zero-order chi connectivity index (χ0) is 20.8. The molecular weight excluding hydrogens is 382 g/mol. The fraction of sp³-hybridized carbons (Fsp3) is 0.273. The Kier molecular flexibility index (Phi) is 6.26. The summed E-state index contributed by atoms with van der Waals surface area (Å²) in [7, 11) is 0. The number of aromatic amines is 1. The van der Waals surface area contributed by atoms with E-state index in [4.69, 9.17) is 4.74 Å². The maximum Gasteiger partial charge on any atom is 0.333 e. The molecule has 2 aromatic carbocycles. The number of H-pyrrole nitrogens is 1. The number of para-hydroxylation sites is 1. The Morgan fingerprint density at radius 3 is 2.53 bits per heavy atom. The van der Waals surface area contributed by atoms with Crippen LogP contribution in [0.15, 0.2) is 54.7 Å². The molecule has 8 nitrogen and oxygen atoms in total. The fourth-order valence-electron chi connectivity index (χ4n) is 3.54. The van der Waals surface area contributed by atoms with Gasteiger partial charge in [-0.3, -0.25) is 15.1 Å². The summed E-state index contributed by atoms with van der Waals surface area (Å²) in [5, 5.41) is 3.60. The lowest BCUT2D eigenvalue weighted by atomic mass is 10.1. The van der Waals surface area contributed by atoms with Crippen molar-refractivity contribution in [2.24, 2.45) is 0 Å². The van der Waals surface area contributed by atoms with E-state index in [1.807, 2.05) is 42.5 Å². The van der Waals surface area contributed by atoms with Crippen LogP contribution in [0.5, 0.6) is 0 Å². The van der Waals surface area contributed by atoms with Gasteiger partial charge < -0.3 is 15.0 Å². The molecule has 0 saturated carbocycles. The van der Waals surface area contributed by atoms with E-state index in [9.17, 15) is 9.59 Å². The Labute approximate surface area is 174 Å². The Balaban J connectivity index is 1.29. The predicted molar refractivity (Wildman–Crippen MR) is 114 cm³/mol. The van der Waals surface area contributed by atoms with E-state index in [1.54, 1.807) is 6.20 Å². The van der Waals surface area contributed by atoms with Crippen molar-refractivity contribution < 1.29 is 14.3 Å². The number of ether oxygens (including phenoxy) is 1. The molecule has 4 rings (SSSR count). The number of carbonyl (C=O) groups excluding carboxylic acids is 2. The Morgan fingerprint density at radius 1 is 0.967 bits per heavy atom. The lowest BCUT2D eigenvalue weighted by Gasteiger charge is -2.27. The van der Waals surface area contributed by atoms with Crippen molar-refractivity contribution in [3.8, 4) is 0 Å². The quantitative estimate of drug-likeness (QED) is 0.487. The lowest BCUT2D eigenvalue weighted by Crippen LogP contribution is -2.46. The van der Waals surface area contributed by atoms with Gasteiger partial charge in [0.15, 0.2) is 0 Å². The first-order valence-corrected chi connectivity index (χ1v) is 9.98. The number of hydrogen-bond acceptors (Lipinski definition) is 4. The first-order valence-electron chi connectivity index (χ1n) is 9.98. The molecule has 0 bridgehead atoms. The predicted octanol–water partition coefficient (Wildman–Crippen LogP) is 2.14. The first kappa shape index (κ1) is 19.9. The van der Waals surface area contributed by atoms with Gasteiger partial charge in [0.05, 0.1) is 18.8 Å². The molecule has 3 aromatic rings. The van der Waals surface area contributed by atoms with Gasteiger partial charge in [-0.05, 0) is 17.2 Å². The van der Waals surface area contributed by atoms with Gasteiger partial charge in [0.2, 0.25) is 0 Å². The van der Waals surface area contributed by atoms with E-state index in [-0.39, 0.29) is 5.91 Å². The maximum atomic E-state index is 12.4. The number of carbonyl (C=O) groups is 2. The van der Waals surface area contributed by atoms with Crippen LogP contribution >= 0.6 is 0 Å². The van der Waals surface area contributed by atoms with Crippen molar-refractivity contribution in [2.45, 2.75) is 13.1 Å². The first-order chi connectivity index (χ1) is 14.7. The second-order valence-electron chi connectivity index (χ2n) is 7.17. The summed E-state index contributed by atoms with van der Waals surface area (Å²) in [6.07, 6.45) is 1.63. The summed E-state index contributed by atoms with van der Waals surface area (Å²) in [5.41, 5.74) is 8.42. The molecule has 1 aromatic heterocycles. The third-order valence-corrected chi connectivity index (χ3v) is 5.18. The molecular formula is C22H25N5O3. The Morgan fingerprint density at radius 2 is 1.70 bits per heavy atom. The minimum Gasteiger partial charge on any atom is -0.379 e. The molecule has 0 radical (unpaired) electrons. The van der Waals surface area contributed by atoms with Crippen LogP contribution < -0.4 is 16.2 Å². The third kappa shape index (κ3) is 4.79. The van der Waals surface area contributed by atoms with Crippen LogP contribution in [0.3, 0.4) is 0 Å². The smallest absolute Gasteiger partial charge is 0.333 e. The van der Waals surface area contributed by atoms with E-state index in [0.717, 1.165) is 49.3 Å². The molecule has 0 spiro atoms. The number of benzene rings is 2. The number of urea groups is 1. The zero-order valence-corrected chi connectivity index (χ0v) is 16.6. The standard InChI is InChI=1S/C22H25N5O3/c28-21(19-14-23-20-8-4-3-7-18(19)20)25-26-22(29)24-13-16-5-1-2-6-17(16)15-27-9-11-30-12-10-27/h1-8,14,23H,9-13,15H2,(H,25,28)(H2,24,26,29). The summed E-state index contributed by atoms with van der Waals surface area (Å²) >= 11 is 0. The van der Waals surface area contributed by atoms with E-state index < -0.39 is 6.03 Å². The molecule has 3 amide bonds. The molecule has 2 heterocycles. The molecule has 1 fully saturated rings. The van der Waals surface area contributed by atoms with Gasteiger partial charge in [0.25, 0.3) is 5.91 Å². The second-order valence-corrected chi connectivity index (χ2v) is 7.17. The van der Waals surface area contributed by atoms with Crippen LogP contribution in [0, 0.1) is 0 Å². The van der Waals surface area contributed by atoms with Crippen LogP contribution in [0.1, 0.15) is 21.5 Å². The van der Waals surface area contributed by atoms with Gasteiger partial charge in [-0.1, -0.05) is 42.5 Å². The highest BCUT2D eigenvalue weighted by Gasteiger charge is 2.14. The largest absolute Gasteiger partial charge is 0.379 e. The van der Waals surface area contributed by atoms with E-state index in [0.29, 0.717) is 12.1 Å². The number of rotatable bonds is 5. The highest BCUT2D eigenvalue weighted by Crippen LogP contribution is 2.17. The second kappa shape index (κ2) is 9.43. The Hall–Kier alpha value is -3.36. The summed E-state index contributed by atoms with van der Waals surface area (Å²) in [5.74, 6) is -0.379. The van der Waals surface area contributed by atoms with Gasteiger partial charge >= 0.3 is 6.03 Å². The molecule has 30 heavy (non-hydrogen) atoms. The van der Waals surface area contributed by atoms with Crippen molar-refractivity contribution in [2.75, 3.05) is 26.3 Å². The molecule has 1 aliphatic heterocycles. The number of nitrogens with one attached hydrogen (secondary N) is 4. The van der Waals surface area contributed by atoms with Gasteiger partial charge in [0.1, 0.15) is 0 Å². The van der Waals surface area contributed by atoms with Crippen molar-refractivity contribution in [1.82, 2.24) is 26.1 Å². The third-order valence-electron chi connectivity index (χ3n) is 5.18. The zero-order valence-electron chi connectivity index (χ0n) is 16.6. The molecule has 1 aliphatic rings. The highest BCUT2D eigenvalue weighted by atomic mass is 16.5. The number of nitrogens with zero attached hydrogens (tertiary/aromatic N) is 1. The molecule has 1 saturated heterocycles. The van der Waals surface area contributed by atoms with Gasteiger partial charge in [-0.25, -0.2) is 10.2 Å². The molecule has 0 unspecified atom stereocenters. The lowest BCUT2D eigenvalue weighted by molar-refractivity contribution is 0.0341. The van der Waals surface area contributed by atoms with Gasteiger partial charge in [-0.2, -0.15) is 0 Å². The molecule has 0 aliphatic carbocycles. The van der Waals surface area contributed by atoms with Crippen molar-refractivity contribution in [3.63, 3.8) is 0 Å². The summed E-state index contributed by atoms with van der Waals surface area (Å²) in [6, 6.07) is 15.1. The van der Waals surface area contributed by atoms with Gasteiger partial charge in [-0.15, -0.1) is 0 Å². The summed E-state index contributed by atoms with van der Waals surface area (Å²) < 4.78 is 5.40. The molecule has 156 valence electrons. The maximum absolute atomic E-state index is 12.4. The number of morpholine rings is 1. The highest BCUT2D eigenvalue weighted by molar-refractivity contribution is 6.07. The summed E-state index contributed by atoms with van der Waals surface area (Å²) in [6.45, 7) is 4.50. The monoisotopic (exact) mass is 407 g/mol. The van der Waals surface area contributed by atoms with Gasteiger partial charge in [0, 0.05) is 43.3 Å². The van der Waals surface area contributed by atoms with Crippen LogP contribution in [0.4, 0.5) is 4.79 Å². The minimum absolute atomic E-state index is 0.370. The number of aromatic nitrogens is 1. The van der Waals surface area contributed by atoms with Crippen molar-refractivity contribution in [1.29, 1.82) is 0 Å². The summed E-state index contributed by atoms with van der Waals surface area (Å²) in [4.78, 5) is 29.9. The average Bonchev–Trinajstić information content (AvgIpc) is 3.22. The Bertz CT molecular complexity index is 1030. The number of fused-ring (bicyclic) bond motifs is 1. The minimum atomic E-state index is -0.468. The molecule has 8 heteroatoms. The van der Waals surface area contributed by atoms with E-state index >= 15 is 0 Å². The van der Waals surface area contributed by atoms with Crippen LogP contribution in [0.25, 0.3) is 10.9 Å². The van der Waals surface area contributed by atoms with E-state index in [1.165, 1.54) is 5.56 Å². The number of hydrazine groups is 1. The molecule has 0 atom stereocenters. The van der Waals surface area contributed by atoms with E-state index in [2.05, 4.69) is 32.1 Å². The SMILES string of the molecule is O=C(NCc1ccccc1CN1CCOCC1)NNC(=O)c1c[nH]c2ccccc12. The topological polar surface area (TPSA) is 98.5 Å². The number of amides is 3. The number of hydrogen-bond donors (Lipinski definition) is 4. The van der Waals surface area contributed by atoms with Crippen LogP contribution in [-0.2, 0) is 17.8 Å². The van der Waals surface area contributed by atoms with Crippen LogP contribution in [-0.4, -0.2) is 48.1 Å². The normalized spacial score (nSPS) is 14.4. The van der Waals surface area contributed by atoms with Crippen molar-refractivity contribution in [3.05, 3.63) is 71.4 Å². The van der Waals surface area contributed by atoms with Crippen molar-refractivity contribution >= 4 is 22.8 Å². The van der Waals surface area contributed by atoms with Crippen LogP contribution in [0.2, 0.25) is 0 Å². The average molecular weight is 407 g/mol.